The predicted molar refractivity (Wildman–Crippen MR) is 223 cm³/mol. The third-order valence-corrected chi connectivity index (χ3v) is 10.2. The molecular formula is C46H86N4. The van der Waals surface area contributed by atoms with Gasteiger partial charge >= 0.3 is 0 Å². The van der Waals surface area contributed by atoms with Gasteiger partial charge in [-0.2, -0.15) is 5.26 Å². The molecule has 4 heteroatoms. The van der Waals surface area contributed by atoms with Gasteiger partial charge in [-0.05, 0) is 103 Å². The van der Waals surface area contributed by atoms with E-state index in [0.29, 0.717) is 13.0 Å². The number of unbranched alkanes of at least 4 members (excludes halogenated alkanes) is 25. The molecule has 0 aromatic carbocycles. The van der Waals surface area contributed by atoms with Crippen LogP contribution in [0, 0.1) is 17.9 Å². The van der Waals surface area contributed by atoms with Gasteiger partial charge in [-0.1, -0.05) is 154 Å². The molecule has 0 aliphatic carbocycles. The van der Waals surface area contributed by atoms with Crippen LogP contribution in [0.25, 0.3) is 4.85 Å². The Balaban J connectivity index is 3.89. The molecule has 0 bridgehead atoms. The molecule has 0 N–H and O–H groups in total. The highest BCUT2D eigenvalue weighted by molar-refractivity contribution is 4.82. The Bertz CT molecular complexity index is 725. The SMILES string of the molecule is [C-]#[N+]CCN(CCCCCCCC/C=C/CCCCCCCC)CCCCN(CCC#N)CCCCCCCC/C=C/CCCCCCCC. The lowest BCUT2D eigenvalue weighted by atomic mass is 10.1. The summed E-state index contributed by atoms with van der Waals surface area (Å²) in [5.41, 5.74) is 0. The summed E-state index contributed by atoms with van der Waals surface area (Å²) in [6.45, 7) is 18.8. The quantitative estimate of drug-likeness (QED) is 0.0363. The number of nitrogens with zero attached hydrogens (tertiary/aromatic N) is 4. The molecule has 50 heavy (non-hydrogen) atoms. The van der Waals surface area contributed by atoms with Crippen LogP contribution >= 0.6 is 0 Å². The third-order valence-electron chi connectivity index (χ3n) is 10.2. The molecule has 0 heterocycles. The van der Waals surface area contributed by atoms with E-state index in [2.05, 4.69) is 58.9 Å². The molecule has 0 rings (SSSR count). The van der Waals surface area contributed by atoms with E-state index in [0.717, 1.165) is 39.3 Å². The highest BCUT2D eigenvalue weighted by atomic mass is 15.1. The summed E-state index contributed by atoms with van der Waals surface area (Å²) >= 11 is 0. The molecule has 0 fully saturated rings. The summed E-state index contributed by atoms with van der Waals surface area (Å²) in [7, 11) is 0. The summed E-state index contributed by atoms with van der Waals surface area (Å²) in [5, 5.41) is 9.18. The minimum absolute atomic E-state index is 0.622. The highest BCUT2D eigenvalue weighted by Crippen LogP contribution is 2.13. The van der Waals surface area contributed by atoms with Gasteiger partial charge in [0.05, 0.1) is 12.6 Å². The van der Waals surface area contributed by atoms with Gasteiger partial charge in [-0.15, -0.1) is 0 Å². The lowest BCUT2D eigenvalue weighted by Gasteiger charge is -2.23. The molecule has 0 aromatic heterocycles. The van der Waals surface area contributed by atoms with Gasteiger partial charge in [0.25, 0.3) is 0 Å². The fraction of sp³-hybridized carbons (Fsp3) is 0.870. The van der Waals surface area contributed by atoms with Gasteiger partial charge in [0.2, 0.25) is 6.54 Å². The van der Waals surface area contributed by atoms with E-state index in [9.17, 15) is 5.26 Å². The first-order valence-electron chi connectivity index (χ1n) is 22.2. The van der Waals surface area contributed by atoms with E-state index in [4.69, 9.17) is 6.57 Å². The maximum Gasteiger partial charge on any atom is 0.227 e. The van der Waals surface area contributed by atoms with Gasteiger partial charge in [-0.3, -0.25) is 4.90 Å². The Hall–Kier alpha value is -1.62. The molecule has 0 amide bonds. The molecule has 0 aliphatic rings. The summed E-state index contributed by atoms with van der Waals surface area (Å²) in [6.07, 6.45) is 50.4. The minimum atomic E-state index is 0.622. The van der Waals surface area contributed by atoms with Crippen LogP contribution in [0.4, 0.5) is 0 Å². The lowest BCUT2D eigenvalue weighted by molar-refractivity contribution is 0.242. The molecule has 0 aliphatic heterocycles. The summed E-state index contributed by atoms with van der Waals surface area (Å²) in [5.74, 6) is 0. The van der Waals surface area contributed by atoms with E-state index in [1.165, 1.54) is 193 Å². The zero-order chi connectivity index (χ0) is 36.3. The van der Waals surface area contributed by atoms with Crippen molar-refractivity contribution in [2.75, 3.05) is 45.8 Å². The van der Waals surface area contributed by atoms with Gasteiger partial charge < -0.3 is 9.74 Å². The normalized spacial score (nSPS) is 11.8. The minimum Gasteiger partial charge on any atom is -0.316 e. The molecular weight excluding hydrogens is 609 g/mol. The maximum absolute atomic E-state index is 9.18. The van der Waals surface area contributed by atoms with Crippen molar-refractivity contribution in [2.45, 2.75) is 213 Å². The first-order chi connectivity index (χ1) is 24.8. The largest absolute Gasteiger partial charge is 0.316 e. The van der Waals surface area contributed by atoms with E-state index in [1.807, 2.05) is 0 Å². The van der Waals surface area contributed by atoms with Crippen LogP contribution in [-0.4, -0.2) is 55.6 Å². The second-order valence-electron chi connectivity index (χ2n) is 15.1. The average molecular weight is 695 g/mol. The van der Waals surface area contributed by atoms with E-state index in [-0.39, 0.29) is 0 Å². The smallest absolute Gasteiger partial charge is 0.227 e. The Morgan fingerprint density at radius 1 is 0.420 bits per heavy atom. The van der Waals surface area contributed by atoms with Crippen molar-refractivity contribution in [1.29, 1.82) is 5.26 Å². The van der Waals surface area contributed by atoms with Crippen LogP contribution in [0.2, 0.25) is 0 Å². The number of hydrogen-bond acceptors (Lipinski definition) is 3. The van der Waals surface area contributed by atoms with Crippen molar-refractivity contribution in [1.82, 2.24) is 9.80 Å². The standard InChI is InChI=1S/C46H86N4/c1-4-6-8-10-12-14-16-18-20-22-24-26-28-30-32-34-41-49(45-38-39-47)43-36-37-44-50(46-40-48-3)42-35-33-31-29-27-25-23-21-19-17-15-13-11-9-7-5-2/h18-21H,4-17,22-38,40-46H2,1-2H3/b20-18+,21-19+. The third kappa shape index (κ3) is 39.2. The molecule has 0 atom stereocenters. The Morgan fingerprint density at radius 3 is 1.06 bits per heavy atom. The Kier molecular flexibility index (Phi) is 42.1. The van der Waals surface area contributed by atoms with E-state index >= 15 is 0 Å². The van der Waals surface area contributed by atoms with Crippen molar-refractivity contribution in [3.63, 3.8) is 0 Å². The fourth-order valence-corrected chi connectivity index (χ4v) is 6.91. The topological polar surface area (TPSA) is 34.6 Å². The van der Waals surface area contributed by atoms with E-state index in [1.54, 1.807) is 0 Å². The van der Waals surface area contributed by atoms with Crippen molar-refractivity contribution >= 4 is 0 Å². The predicted octanol–water partition coefficient (Wildman–Crippen LogP) is 14.3. The zero-order valence-corrected chi connectivity index (χ0v) is 34.0. The fourth-order valence-electron chi connectivity index (χ4n) is 6.91. The highest BCUT2D eigenvalue weighted by Gasteiger charge is 2.08. The molecule has 0 spiro atoms. The van der Waals surface area contributed by atoms with Crippen LogP contribution in [0.5, 0.6) is 0 Å². The number of allylic oxidation sites excluding steroid dienone is 4. The number of hydrogen-bond donors (Lipinski definition) is 0. The van der Waals surface area contributed by atoms with Crippen molar-refractivity contribution < 1.29 is 0 Å². The zero-order valence-electron chi connectivity index (χ0n) is 34.0. The van der Waals surface area contributed by atoms with Gasteiger partial charge in [0.15, 0.2) is 0 Å². The Morgan fingerprint density at radius 2 is 0.720 bits per heavy atom. The van der Waals surface area contributed by atoms with Crippen LogP contribution < -0.4 is 0 Å². The van der Waals surface area contributed by atoms with Crippen LogP contribution in [0.3, 0.4) is 0 Å². The van der Waals surface area contributed by atoms with Crippen molar-refractivity contribution in [3.05, 3.63) is 35.7 Å². The van der Waals surface area contributed by atoms with Gasteiger partial charge in [0, 0.05) is 13.0 Å². The molecule has 0 saturated carbocycles. The van der Waals surface area contributed by atoms with Crippen molar-refractivity contribution in [3.8, 4) is 6.07 Å². The molecule has 4 nitrogen and oxygen atoms in total. The molecule has 0 saturated heterocycles. The second kappa shape index (κ2) is 43.5. The first-order valence-corrected chi connectivity index (χ1v) is 22.2. The van der Waals surface area contributed by atoms with Crippen LogP contribution in [0.1, 0.15) is 213 Å². The summed E-state index contributed by atoms with van der Waals surface area (Å²) in [6, 6.07) is 2.36. The molecule has 0 unspecified atom stereocenters. The monoisotopic (exact) mass is 695 g/mol. The number of rotatable bonds is 41. The average Bonchev–Trinajstić information content (AvgIpc) is 3.13. The van der Waals surface area contributed by atoms with Gasteiger partial charge in [-0.25, -0.2) is 6.57 Å². The van der Waals surface area contributed by atoms with Crippen LogP contribution in [-0.2, 0) is 0 Å². The molecule has 0 radical (unpaired) electrons. The van der Waals surface area contributed by atoms with E-state index < -0.39 is 0 Å². The lowest BCUT2D eigenvalue weighted by Crippen LogP contribution is -2.30. The summed E-state index contributed by atoms with van der Waals surface area (Å²) < 4.78 is 0. The first kappa shape index (κ1) is 48.4. The maximum atomic E-state index is 9.18. The number of nitriles is 1. The summed E-state index contributed by atoms with van der Waals surface area (Å²) in [4.78, 5) is 8.72. The van der Waals surface area contributed by atoms with Gasteiger partial charge in [0.1, 0.15) is 0 Å². The molecule has 0 aromatic rings. The molecule has 290 valence electrons. The van der Waals surface area contributed by atoms with Crippen molar-refractivity contribution in [2.24, 2.45) is 0 Å². The second-order valence-corrected chi connectivity index (χ2v) is 15.1. The van der Waals surface area contributed by atoms with Crippen LogP contribution in [0.15, 0.2) is 24.3 Å². The Labute approximate surface area is 314 Å².